The molecule has 1 saturated heterocycles. The molecule has 1 atom stereocenters. The Bertz CT molecular complexity index is 673. The number of H-pyrrole nitrogens is 1. The van der Waals surface area contributed by atoms with E-state index >= 15 is 0 Å². The van der Waals surface area contributed by atoms with Crippen LogP contribution in [0.15, 0.2) is 30.7 Å². The van der Waals surface area contributed by atoms with Gasteiger partial charge in [0.2, 0.25) is 5.91 Å². The molecule has 3 heterocycles. The van der Waals surface area contributed by atoms with Crippen molar-refractivity contribution < 1.29 is 9.53 Å². The van der Waals surface area contributed by atoms with Crippen molar-refractivity contribution in [3.8, 4) is 0 Å². The second-order valence-corrected chi connectivity index (χ2v) is 6.18. The number of pyridine rings is 1. The van der Waals surface area contributed by atoms with E-state index < -0.39 is 0 Å². The largest absolute Gasteiger partial charge is 0.377 e. The number of morpholine rings is 1. The molecule has 1 amide bonds. The molecule has 0 radical (unpaired) electrons. The number of rotatable bonds is 5. The van der Waals surface area contributed by atoms with Gasteiger partial charge in [-0.2, -0.15) is 5.10 Å². The van der Waals surface area contributed by atoms with Gasteiger partial charge in [0.15, 0.2) is 0 Å². The zero-order valence-corrected chi connectivity index (χ0v) is 14.1. The van der Waals surface area contributed by atoms with Crippen molar-refractivity contribution in [2.24, 2.45) is 0 Å². The number of hydrogen-bond acceptors (Lipinski definition) is 5. The molecule has 7 nitrogen and oxygen atoms in total. The van der Waals surface area contributed by atoms with Crippen molar-refractivity contribution in [3.05, 3.63) is 47.5 Å². The zero-order valence-electron chi connectivity index (χ0n) is 14.1. The third-order valence-electron chi connectivity index (χ3n) is 4.23. The Hall–Kier alpha value is -2.25. The summed E-state index contributed by atoms with van der Waals surface area (Å²) >= 11 is 0. The molecule has 1 N–H and O–H groups in total. The van der Waals surface area contributed by atoms with Crippen LogP contribution >= 0.6 is 0 Å². The molecule has 24 heavy (non-hydrogen) atoms. The van der Waals surface area contributed by atoms with Crippen LogP contribution < -0.4 is 0 Å². The first-order valence-electron chi connectivity index (χ1n) is 8.09. The molecule has 2 aromatic rings. The number of hydrogen-bond donors (Lipinski definition) is 1. The Morgan fingerprint density at radius 1 is 1.50 bits per heavy atom. The molecule has 1 fully saturated rings. The number of aromatic amines is 1. The average molecular weight is 329 g/mol. The maximum atomic E-state index is 12.8. The van der Waals surface area contributed by atoms with Gasteiger partial charge in [-0.3, -0.25) is 19.8 Å². The van der Waals surface area contributed by atoms with Gasteiger partial charge in [0.1, 0.15) is 0 Å². The molecule has 1 aliphatic heterocycles. The van der Waals surface area contributed by atoms with Crippen LogP contribution in [0.2, 0.25) is 0 Å². The quantitative estimate of drug-likeness (QED) is 0.890. The Morgan fingerprint density at radius 2 is 2.38 bits per heavy atom. The lowest BCUT2D eigenvalue weighted by Gasteiger charge is -2.36. The summed E-state index contributed by atoms with van der Waals surface area (Å²) in [5, 5.41) is 7.08. The molecule has 2 aromatic heterocycles. The minimum absolute atomic E-state index is 0.0967. The highest BCUT2D eigenvalue weighted by atomic mass is 16.5. The molecule has 128 valence electrons. The monoisotopic (exact) mass is 329 g/mol. The molecular weight excluding hydrogens is 306 g/mol. The van der Waals surface area contributed by atoms with E-state index in [0.29, 0.717) is 32.8 Å². The number of carbonyl (C=O) groups is 1. The van der Waals surface area contributed by atoms with Gasteiger partial charge in [0.05, 0.1) is 37.7 Å². The Labute approximate surface area is 141 Å². The summed E-state index contributed by atoms with van der Waals surface area (Å²) in [4.78, 5) is 20.8. The SMILES string of the molecule is Cc1cn[nH]c1[C@H]1COCCN1C(=O)CN(C)Cc1cccnc1. The zero-order chi connectivity index (χ0) is 16.9. The van der Waals surface area contributed by atoms with E-state index in [4.69, 9.17) is 4.74 Å². The highest BCUT2D eigenvalue weighted by Crippen LogP contribution is 2.25. The third-order valence-corrected chi connectivity index (χ3v) is 4.23. The van der Waals surface area contributed by atoms with Gasteiger partial charge in [0, 0.05) is 25.5 Å². The molecule has 7 heteroatoms. The van der Waals surface area contributed by atoms with Crippen molar-refractivity contribution >= 4 is 5.91 Å². The Kier molecular flexibility index (Phi) is 5.22. The molecule has 0 unspecified atom stereocenters. The van der Waals surface area contributed by atoms with Crippen molar-refractivity contribution in [1.82, 2.24) is 25.0 Å². The van der Waals surface area contributed by atoms with Gasteiger partial charge in [-0.1, -0.05) is 6.07 Å². The number of aryl methyl sites for hydroxylation is 1. The summed E-state index contributed by atoms with van der Waals surface area (Å²) in [6, 6.07) is 3.82. The highest BCUT2D eigenvalue weighted by molar-refractivity contribution is 5.79. The second-order valence-electron chi connectivity index (χ2n) is 6.18. The van der Waals surface area contributed by atoms with Crippen LogP contribution in [0.5, 0.6) is 0 Å². The Morgan fingerprint density at radius 3 is 3.08 bits per heavy atom. The first-order chi connectivity index (χ1) is 11.6. The van der Waals surface area contributed by atoms with Crippen LogP contribution in [0.3, 0.4) is 0 Å². The summed E-state index contributed by atoms with van der Waals surface area (Å²) in [5.74, 6) is 0.101. The first-order valence-corrected chi connectivity index (χ1v) is 8.09. The number of likely N-dealkylation sites (N-methyl/N-ethyl adjacent to an activating group) is 1. The van der Waals surface area contributed by atoms with Crippen molar-refractivity contribution in [2.45, 2.75) is 19.5 Å². The minimum Gasteiger partial charge on any atom is -0.377 e. The van der Waals surface area contributed by atoms with Crippen LogP contribution in [0.4, 0.5) is 0 Å². The predicted octanol–water partition coefficient (Wildman–Crippen LogP) is 1.15. The summed E-state index contributed by atoms with van der Waals surface area (Å²) in [6.07, 6.45) is 5.35. The number of carbonyl (C=O) groups excluding carboxylic acids is 1. The van der Waals surface area contributed by atoms with E-state index in [1.165, 1.54) is 0 Å². The number of amides is 1. The molecule has 0 aromatic carbocycles. The molecule has 0 saturated carbocycles. The maximum absolute atomic E-state index is 12.8. The minimum atomic E-state index is -0.0967. The molecule has 0 aliphatic carbocycles. The average Bonchev–Trinajstić information content (AvgIpc) is 3.01. The number of nitrogens with one attached hydrogen (secondary N) is 1. The summed E-state index contributed by atoms with van der Waals surface area (Å²) in [5.41, 5.74) is 3.10. The first kappa shape index (κ1) is 16.6. The third kappa shape index (κ3) is 3.80. The highest BCUT2D eigenvalue weighted by Gasteiger charge is 2.31. The fourth-order valence-corrected chi connectivity index (χ4v) is 3.02. The van der Waals surface area contributed by atoms with Gasteiger partial charge in [-0.25, -0.2) is 0 Å². The van der Waals surface area contributed by atoms with E-state index in [1.54, 1.807) is 12.4 Å². The van der Waals surface area contributed by atoms with Gasteiger partial charge in [-0.15, -0.1) is 0 Å². The molecule has 3 rings (SSSR count). The summed E-state index contributed by atoms with van der Waals surface area (Å²) < 4.78 is 5.58. The number of nitrogens with zero attached hydrogens (tertiary/aromatic N) is 4. The lowest BCUT2D eigenvalue weighted by atomic mass is 10.1. The van der Waals surface area contributed by atoms with E-state index in [0.717, 1.165) is 16.8 Å². The van der Waals surface area contributed by atoms with Gasteiger partial charge < -0.3 is 9.64 Å². The fraction of sp³-hybridized carbons (Fsp3) is 0.471. The predicted molar refractivity (Wildman–Crippen MR) is 89.2 cm³/mol. The van der Waals surface area contributed by atoms with E-state index in [-0.39, 0.29) is 11.9 Å². The lowest BCUT2D eigenvalue weighted by Crippen LogP contribution is -2.47. The number of aromatic nitrogens is 3. The topological polar surface area (TPSA) is 74.3 Å². The smallest absolute Gasteiger partial charge is 0.237 e. The molecule has 0 spiro atoms. The van der Waals surface area contributed by atoms with Crippen molar-refractivity contribution in [1.29, 1.82) is 0 Å². The van der Waals surface area contributed by atoms with E-state index in [1.807, 2.05) is 42.1 Å². The van der Waals surface area contributed by atoms with Crippen LogP contribution in [0, 0.1) is 6.92 Å². The normalized spacial score (nSPS) is 18.1. The van der Waals surface area contributed by atoms with Crippen LogP contribution in [0.1, 0.15) is 22.9 Å². The van der Waals surface area contributed by atoms with Gasteiger partial charge in [-0.05, 0) is 31.2 Å². The van der Waals surface area contributed by atoms with E-state index in [9.17, 15) is 4.79 Å². The summed E-state index contributed by atoms with van der Waals surface area (Å²) in [7, 11) is 1.95. The standard InChI is InChI=1S/C17H23N5O2/c1-13-8-19-20-17(13)15-12-24-7-6-22(15)16(23)11-21(2)10-14-4-3-5-18-9-14/h3-5,8-9,15H,6-7,10-12H2,1-2H3,(H,19,20)/t15-/m1/s1. The fourth-order valence-electron chi connectivity index (χ4n) is 3.02. The van der Waals surface area contributed by atoms with Crippen molar-refractivity contribution in [2.75, 3.05) is 33.4 Å². The molecular formula is C17H23N5O2. The molecule has 0 bridgehead atoms. The maximum Gasteiger partial charge on any atom is 0.237 e. The van der Waals surface area contributed by atoms with Crippen LogP contribution in [-0.2, 0) is 16.1 Å². The van der Waals surface area contributed by atoms with Gasteiger partial charge in [0.25, 0.3) is 0 Å². The number of ether oxygens (including phenoxy) is 1. The van der Waals surface area contributed by atoms with E-state index in [2.05, 4.69) is 15.2 Å². The lowest BCUT2D eigenvalue weighted by molar-refractivity contribution is -0.141. The Balaban J connectivity index is 1.65. The van der Waals surface area contributed by atoms with Gasteiger partial charge >= 0.3 is 0 Å². The van der Waals surface area contributed by atoms with Crippen molar-refractivity contribution in [3.63, 3.8) is 0 Å². The molecule has 1 aliphatic rings. The van der Waals surface area contributed by atoms with Crippen LogP contribution in [0.25, 0.3) is 0 Å². The summed E-state index contributed by atoms with van der Waals surface area (Å²) in [6.45, 7) is 4.71. The van der Waals surface area contributed by atoms with Crippen LogP contribution in [-0.4, -0.2) is 64.2 Å². The second kappa shape index (κ2) is 7.55.